The smallest absolute Gasteiger partial charge is 0.124 e. The lowest BCUT2D eigenvalue weighted by Crippen LogP contribution is -2.08. The number of aryl methyl sites for hydroxylation is 1. The molecule has 2 aromatic carbocycles. The second-order valence-electron chi connectivity index (χ2n) is 4.62. The van der Waals surface area contributed by atoms with Gasteiger partial charge in [0.15, 0.2) is 0 Å². The van der Waals surface area contributed by atoms with Crippen LogP contribution in [-0.4, -0.2) is 7.11 Å². The third-order valence-electron chi connectivity index (χ3n) is 3.08. The first-order valence-electron chi connectivity index (χ1n) is 6.27. The summed E-state index contributed by atoms with van der Waals surface area (Å²) < 4.78 is 6.51. The minimum atomic E-state index is 0.191. The second-order valence-corrected chi connectivity index (χ2v) is 5.53. The van der Waals surface area contributed by atoms with Gasteiger partial charge in [0, 0.05) is 15.7 Å². The van der Waals surface area contributed by atoms with Crippen molar-refractivity contribution in [2.24, 2.45) is 0 Å². The van der Waals surface area contributed by atoms with Gasteiger partial charge in [-0.05, 0) is 44.2 Å². The van der Waals surface area contributed by atoms with Crippen LogP contribution in [0.1, 0.15) is 24.1 Å². The summed E-state index contributed by atoms with van der Waals surface area (Å²) in [5.41, 5.74) is 3.50. The maximum absolute atomic E-state index is 5.43. The van der Waals surface area contributed by atoms with Crippen LogP contribution in [0.3, 0.4) is 0 Å². The summed E-state index contributed by atoms with van der Waals surface area (Å²) in [6, 6.07) is 14.6. The van der Waals surface area contributed by atoms with E-state index in [1.54, 1.807) is 7.11 Å². The van der Waals surface area contributed by atoms with Crippen LogP contribution in [0.15, 0.2) is 46.9 Å². The van der Waals surface area contributed by atoms with E-state index in [0.717, 1.165) is 15.9 Å². The van der Waals surface area contributed by atoms with Crippen molar-refractivity contribution in [2.45, 2.75) is 19.9 Å². The minimum Gasteiger partial charge on any atom is -0.496 e. The summed E-state index contributed by atoms with van der Waals surface area (Å²) in [4.78, 5) is 0. The Labute approximate surface area is 122 Å². The molecule has 0 bridgehead atoms. The molecule has 2 aromatic rings. The molecule has 0 aliphatic heterocycles. The zero-order valence-electron chi connectivity index (χ0n) is 11.4. The van der Waals surface area contributed by atoms with E-state index in [4.69, 9.17) is 4.74 Å². The maximum Gasteiger partial charge on any atom is 0.124 e. The average Bonchev–Trinajstić information content (AvgIpc) is 2.41. The highest BCUT2D eigenvalue weighted by Crippen LogP contribution is 2.29. The third kappa shape index (κ3) is 3.51. The van der Waals surface area contributed by atoms with E-state index in [1.165, 1.54) is 11.1 Å². The molecule has 0 saturated carbocycles. The Morgan fingerprint density at radius 2 is 1.79 bits per heavy atom. The van der Waals surface area contributed by atoms with E-state index in [-0.39, 0.29) is 6.04 Å². The molecule has 1 unspecified atom stereocenters. The fourth-order valence-electron chi connectivity index (χ4n) is 2.07. The first-order chi connectivity index (χ1) is 9.10. The topological polar surface area (TPSA) is 21.3 Å². The van der Waals surface area contributed by atoms with E-state index in [9.17, 15) is 0 Å². The Hall–Kier alpha value is -1.48. The van der Waals surface area contributed by atoms with Crippen LogP contribution in [0.4, 0.5) is 5.69 Å². The molecule has 1 N–H and O–H groups in total. The molecule has 3 heteroatoms. The van der Waals surface area contributed by atoms with Crippen molar-refractivity contribution in [3.8, 4) is 5.75 Å². The Bertz CT molecular complexity index is 551. The minimum absolute atomic E-state index is 0.191. The van der Waals surface area contributed by atoms with Crippen molar-refractivity contribution in [1.82, 2.24) is 0 Å². The molecule has 19 heavy (non-hydrogen) atoms. The Morgan fingerprint density at radius 3 is 2.42 bits per heavy atom. The first kappa shape index (κ1) is 13.9. The molecule has 0 spiro atoms. The number of ether oxygens (including phenoxy) is 1. The number of hydrogen-bond donors (Lipinski definition) is 1. The van der Waals surface area contributed by atoms with Crippen molar-refractivity contribution in [2.75, 3.05) is 12.4 Å². The summed E-state index contributed by atoms with van der Waals surface area (Å²) in [5.74, 6) is 0.919. The zero-order valence-corrected chi connectivity index (χ0v) is 13.0. The van der Waals surface area contributed by atoms with Crippen LogP contribution in [0.5, 0.6) is 5.75 Å². The molecule has 100 valence electrons. The van der Waals surface area contributed by atoms with E-state index >= 15 is 0 Å². The summed E-state index contributed by atoms with van der Waals surface area (Å²) in [6.45, 7) is 4.23. The van der Waals surface area contributed by atoms with E-state index in [2.05, 4.69) is 59.4 Å². The number of halogens is 1. The molecular weight excluding hydrogens is 302 g/mol. The molecule has 1 atom stereocenters. The number of benzene rings is 2. The zero-order chi connectivity index (χ0) is 13.8. The Balaban J connectivity index is 2.21. The Kier molecular flexibility index (Phi) is 4.48. The quantitative estimate of drug-likeness (QED) is 0.861. The van der Waals surface area contributed by atoms with Crippen LogP contribution >= 0.6 is 15.9 Å². The van der Waals surface area contributed by atoms with Crippen LogP contribution in [0.25, 0.3) is 0 Å². The molecule has 0 amide bonds. The highest BCUT2D eigenvalue weighted by Gasteiger charge is 2.11. The van der Waals surface area contributed by atoms with Crippen LogP contribution in [-0.2, 0) is 0 Å². The van der Waals surface area contributed by atoms with Gasteiger partial charge in [-0.1, -0.05) is 33.6 Å². The number of nitrogens with one attached hydrogen (secondary N) is 1. The molecule has 0 heterocycles. The van der Waals surface area contributed by atoms with Gasteiger partial charge < -0.3 is 10.1 Å². The van der Waals surface area contributed by atoms with Crippen molar-refractivity contribution in [1.29, 1.82) is 0 Å². The molecule has 0 aromatic heterocycles. The fourth-order valence-corrected chi connectivity index (χ4v) is 2.33. The molecular formula is C16H18BrNO. The SMILES string of the molecule is COc1ccc(C)cc1C(C)Nc1ccc(Br)cc1. The summed E-state index contributed by atoms with van der Waals surface area (Å²) in [5, 5.41) is 3.49. The van der Waals surface area contributed by atoms with Gasteiger partial charge in [-0.15, -0.1) is 0 Å². The van der Waals surface area contributed by atoms with Crippen molar-refractivity contribution in [3.05, 3.63) is 58.1 Å². The van der Waals surface area contributed by atoms with Gasteiger partial charge >= 0.3 is 0 Å². The second kappa shape index (κ2) is 6.11. The highest BCUT2D eigenvalue weighted by molar-refractivity contribution is 9.10. The van der Waals surface area contributed by atoms with Gasteiger partial charge in [0.25, 0.3) is 0 Å². The van der Waals surface area contributed by atoms with Gasteiger partial charge in [-0.2, -0.15) is 0 Å². The van der Waals surface area contributed by atoms with Crippen molar-refractivity contribution in [3.63, 3.8) is 0 Å². The fraction of sp³-hybridized carbons (Fsp3) is 0.250. The number of hydrogen-bond acceptors (Lipinski definition) is 2. The molecule has 0 fully saturated rings. The summed E-state index contributed by atoms with van der Waals surface area (Å²) in [6.07, 6.45) is 0. The lowest BCUT2D eigenvalue weighted by atomic mass is 10.0. The molecule has 2 rings (SSSR count). The van der Waals surface area contributed by atoms with E-state index in [1.807, 2.05) is 18.2 Å². The molecule has 0 aliphatic rings. The van der Waals surface area contributed by atoms with E-state index in [0.29, 0.717) is 0 Å². The molecule has 0 radical (unpaired) electrons. The van der Waals surface area contributed by atoms with Crippen LogP contribution < -0.4 is 10.1 Å². The Morgan fingerprint density at radius 1 is 1.11 bits per heavy atom. The third-order valence-corrected chi connectivity index (χ3v) is 3.61. The number of methoxy groups -OCH3 is 1. The lowest BCUT2D eigenvalue weighted by molar-refractivity contribution is 0.408. The summed E-state index contributed by atoms with van der Waals surface area (Å²) >= 11 is 3.44. The van der Waals surface area contributed by atoms with Crippen molar-refractivity contribution < 1.29 is 4.74 Å². The molecule has 0 aliphatic carbocycles. The predicted octanol–water partition coefficient (Wildman–Crippen LogP) is 4.94. The highest BCUT2D eigenvalue weighted by atomic mass is 79.9. The number of rotatable bonds is 4. The van der Waals surface area contributed by atoms with Crippen LogP contribution in [0, 0.1) is 6.92 Å². The van der Waals surface area contributed by atoms with Gasteiger partial charge in [0.2, 0.25) is 0 Å². The lowest BCUT2D eigenvalue weighted by Gasteiger charge is -2.19. The largest absolute Gasteiger partial charge is 0.496 e. The monoisotopic (exact) mass is 319 g/mol. The van der Waals surface area contributed by atoms with Gasteiger partial charge in [0.05, 0.1) is 13.2 Å². The summed E-state index contributed by atoms with van der Waals surface area (Å²) in [7, 11) is 1.71. The molecule has 2 nitrogen and oxygen atoms in total. The standard InChI is InChI=1S/C16H18BrNO/c1-11-4-9-16(19-3)15(10-11)12(2)18-14-7-5-13(17)6-8-14/h4-10,12,18H,1-3H3. The van der Waals surface area contributed by atoms with Crippen molar-refractivity contribution >= 4 is 21.6 Å². The van der Waals surface area contributed by atoms with Crippen LogP contribution in [0.2, 0.25) is 0 Å². The van der Waals surface area contributed by atoms with E-state index < -0.39 is 0 Å². The first-order valence-corrected chi connectivity index (χ1v) is 7.06. The van der Waals surface area contributed by atoms with Gasteiger partial charge in [-0.25, -0.2) is 0 Å². The molecule has 0 saturated heterocycles. The normalized spacial score (nSPS) is 12.0. The van der Waals surface area contributed by atoms with Gasteiger partial charge in [-0.3, -0.25) is 0 Å². The van der Waals surface area contributed by atoms with Gasteiger partial charge in [0.1, 0.15) is 5.75 Å². The predicted molar refractivity (Wildman–Crippen MR) is 83.9 cm³/mol. The number of anilines is 1. The maximum atomic E-state index is 5.43. The average molecular weight is 320 g/mol.